The Balaban J connectivity index is 1.93. The molecule has 0 saturated carbocycles. The van der Waals surface area contributed by atoms with Gasteiger partial charge in [0.25, 0.3) is 11.8 Å². The van der Waals surface area contributed by atoms with E-state index < -0.39 is 5.91 Å². The summed E-state index contributed by atoms with van der Waals surface area (Å²) in [6.45, 7) is 4.64. The van der Waals surface area contributed by atoms with Crippen molar-refractivity contribution in [2.75, 3.05) is 18.4 Å². The van der Waals surface area contributed by atoms with Gasteiger partial charge in [-0.3, -0.25) is 9.59 Å². The normalized spacial score (nSPS) is 20.0. The number of hydrogen-bond acceptors (Lipinski definition) is 4. The van der Waals surface area contributed by atoms with Gasteiger partial charge in [-0.25, -0.2) is 4.98 Å². The summed E-state index contributed by atoms with van der Waals surface area (Å²) in [5.41, 5.74) is 1.11. The van der Waals surface area contributed by atoms with E-state index in [1.807, 2.05) is 32.0 Å². The molecule has 1 saturated heterocycles. The fourth-order valence-electron chi connectivity index (χ4n) is 3.12. The Kier molecular flexibility index (Phi) is 6.44. The van der Waals surface area contributed by atoms with Crippen molar-refractivity contribution in [2.45, 2.75) is 26.1 Å². The van der Waals surface area contributed by atoms with Crippen LogP contribution in [0.25, 0.3) is 6.08 Å². The van der Waals surface area contributed by atoms with Crippen molar-refractivity contribution < 1.29 is 14.3 Å². The molecule has 2 amide bonds. The Morgan fingerprint density at radius 3 is 2.46 bits per heavy atom. The lowest BCUT2D eigenvalue weighted by Gasteiger charge is -2.35. The van der Waals surface area contributed by atoms with Gasteiger partial charge >= 0.3 is 0 Å². The maximum absolute atomic E-state index is 13.2. The van der Waals surface area contributed by atoms with E-state index in [2.05, 4.69) is 10.3 Å². The number of anilines is 1. The zero-order valence-electron chi connectivity index (χ0n) is 15.8. The minimum atomic E-state index is -0.497. The second-order valence-electron chi connectivity index (χ2n) is 6.73. The molecular formula is C21H22ClN3O3. The quantitative estimate of drug-likeness (QED) is 0.370. The molecule has 1 aliphatic rings. The van der Waals surface area contributed by atoms with Crippen LogP contribution in [0, 0.1) is 0 Å². The third-order valence-corrected chi connectivity index (χ3v) is 4.62. The van der Waals surface area contributed by atoms with Crippen LogP contribution in [0.2, 0.25) is 5.15 Å². The molecule has 1 aromatic heterocycles. The van der Waals surface area contributed by atoms with Crippen LogP contribution in [0.4, 0.5) is 5.69 Å². The Morgan fingerprint density at radius 2 is 1.82 bits per heavy atom. The zero-order chi connectivity index (χ0) is 20.1. The lowest BCUT2D eigenvalue weighted by Crippen LogP contribution is -2.49. The van der Waals surface area contributed by atoms with Gasteiger partial charge in [-0.2, -0.15) is 0 Å². The molecule has 1 fully saturated rings. The molecule has 0 bridgehead atoms. The monoisotopic (exact) mass is 399 g/mol. The Labute approximate surface area is 169 Å². The number of ether oxygens (including phenoxy) is 1. The third-order valence-electron chi connectivity index (χ3n) is 4.30. The average molecular weight is 400 g/mol. The number of para-hydroxylation sites is 1. The molecule has 1 aliphatic heterocycles. The van der Waals surface area contributed by atoms with Crippen molar-refractivity contribution in [1.29, 1.82) is 0 Å². The van der Waals surface area contributed by atoms with Crippen LogP contribution in [0.5, 0.6) is 0 Å². The number of carbonyl (C=O) groups is 2. The van der Waals surface area contributed by atoms with Crippen LogP contribution in [-0.2, 0) is 14.3 Å². The van der Waals surface area contributed by atoms with Crippen molar-refractivity contribution in [3.63, 3.8) is 0 Å². The standard InChI is InChI=1S/C21H22ClN3O3/c1-14-12-25(13-15(2)28-14)21(27)18(11-16-7-6-10-23-19(16)22)20(26)24-17-8-4-3-5-9-17/h3-11,14-15H,12-13H2,1-2H3,(H,24,26)/b18-11+/t14-,15+. The van der Waals surface area contributed by atoms with Gasteiger partial charge in [0.05, 0.1) is 12.2 Å². The van der Waals surface area contributed by atoms with Crippen molar-refractivity contribution in [3.8, 4) is 0 Å². The first-order chi connectivity index (χ1) is 13.4. The van der Waals surface area contributed by atoms with Gasteiger partial charge in [0, 0.05) is 30.5 Å². The Morgan fingerprint density at radius 1 is 1.14 bits per heavy atom. The molecular weight excluding hydrogens is 378 g/mol. The summed E-state index contributed by atoms with van der Waals surface area (Å²) in [6, 6.07) is 12.4. The molecule has 0 radical (unpaired) electrons. The SMILES string of the molecule is C[C@@H]1CN(C(=O)/C(=C/c2cccnc2Cl)C(=O)Nc2ccccc2)C[C@H](C)O1. The van der Waals surface area contributed by atoms with E-state index in [4.69, 9.17) is 16.3 Å². The number of carbonyl (C=O) groups excluding carboxylic acids is 2. The molecule has 2 heterocycles. The zero-order valence-corrected chi connectivity index (χ0v) is 16.5. The molecule has 7 heteroatoms. The van der Waals surface area contributed by atoms with Gasteiger partial charge in [-0.05, 0) is 38.1 Å². The number of aromatic nitrogens is 1. The minimum Gasteiger partial charge on any atom is -0.372 e. The van der Waals surface area contributed by atoms with Crippen molar-refractivity contribution in [3.05, 3.63) is 65.0 Å². The van der Waals surface area contributed by atoms with Gasteiger partial charge in [-0.15, -0.1) is 0 Å². The first-order valence-corrected chi connectivity index (χ1v) is 9.45. The van der Waals surface area contributed by atoms with Crippen molar-refractivity contribution >= 4 is 35.2 Å². The molecule has 146 valence electrons. The second-order valence-corrected chi connectivity index (χ2v) is 7.09. The summed E-state index contributed by atoms with van der Waals surface area (Å²) in [5.74, 6) is -0.863. The molecule has 28 heavy (non-hydrogen) atoms. The topological polar surface area (TPSA) is 71.5 Å². The molecule has 0 aliphatic carbocycles. The Hall–Kier alpha value is -2.70. The highest BCUT2D eigenvalue weighted by Crippen LogP contribution is 2.20. The van der Waals surface area contributed by atoms with Gasteiger partial charge in [0.2, 0.25) is 0 Å². The molecule has 2 aromatic rings. The fourth-order valence-corrected chi connectivity index (χ4v) is 3.29. The van der Waals surface area contributed by atoms with E-state index in [1.165, 1.54) is 6.08 Å². The summed E-state index contributed by atoms with van der Waals surface area (Å²) in [5, 5.41) is 3.00. The number of hydrogen-bond donors (Lipinski definition) is 1. The van der Waals surface area contributed by atoms with E-state index in [1.54, 1.807) is 35.4 Å². The number of halogens is 1. The molecule has 3 rings (SSSR count). The van der Waals surface area contributed by atoms with E-state index in [0.717, 1.165) is 0 Å². The van der Waals surface area contributed by atoms with E-state index in [-0.39, 0.29) is 28.8 Å². The number of nitrogens with zero attached hydrogens (tertiary/aromatic N) is 2. The first kappa shape index (κ1) is 20.0. The maximum Gasteiger partial charge on any atom is 0.261 e. The highest BCUT2D eigenvalue weighted by molar-refractivity contribution is 6.32. The number of benzene rings is 1. The number of rotatable bonds is 4. The lowest BCUT2D eigenvalue weighted by molar-refractivity contribution is -0.140. The third kappa shape index (κ3) is 4.97. The second kappa shape index (κ2) is 8.99. The smallest absolute Gasteiger partial charge is 0.261 e. The molecule has 6 nitrogen and oxygen atoms in total. The predicted molar refractivity (Wildman–Crippen MR) is 109 cm³/mol. The van der Waals surface area contributed by atoms with Crippen LogP contribution in [-0.4, -0.2) is 47.0 Å². The summed E-state index contributed by atoms with van der Waals surface area (Å²) >= 11 is 6.14. The van der Waals surface area contributed by atoms with Crippen LogP contribution in [0.3, 0.4) is 0 Å². The molecule has 1 N–H and O–H groups in total. The van der Waals surface area contributed by atoms with Gasteiger partial charge in [-0.1, -0.05) is 35.9 Å². The van der Waals surface area contributed by atoms with E-state index in [0.29, 0.717) is 24.3 Å². The maximum atomic E-state index is 13.2. The first-order valence-electron chi connectivity index (χ1n) is 9.07. The minimum absolute atomic E-state index is 0.0000491. The van der Waals surface area contributed by atoms with Crippen molar-refractivity contribution in [1.82, 2.24) is 9.88 Å². The molecule has 0 spiro atoms. The summed E-state index contributed by atoms with van der Waals surface area (Å²) in [4.78, 5) is 31.8. The highest BCUT2D eigenvalue weighted by atomic mass is 35.5. The van der Waals surface area contributed by atoms with Gasteiger partial charge in [0.15, 0.2) is 0 Å². The van der Waals surface area contributed by atoms with Crippen LogP contribution < -0.4 is 5.32 Å². The summed E-state index contributed by atoms with van der Waals surface area (Å²) in [6.07, 6.45) is 2.83. The Bertz CT molecular complexity index is 875. The number of morpholine rings is 1. The van der Waals surface area contributed by atoms with Gasteiger partial charge in [0.1, 0.15) is 10.7 Å². The predicted octanol–water partition coefficient (Wildman–Crippen LogP) is 3.39. The van der Waals surface area contributed by atoms with Crippen LogP contribution >= 0.6 is 11.6 Å². The lowest BCUT2D eigenvalue weighted by atomic mass is 10.1. The van der Waals surface area contributed by atoms with Crippen LogP contribution in [0.15, 0.2) is 54.2 Å². The van der Waals surface area contributed by atoms with E-state index in [9.17, 15) is 9.59 Å². The summed E-state index contributed by atoms with van der Waals surface area (Å²) in [7, 11) is 0. The molecule has 0 unspecified atom stereocenters. The highest BCUT2D eigenvalue weighted by Gasteiger charge is 2.30. The fraction of sp³-hybridized carbons (Fsp3) is 0.286. The van der Waals surface area contributed by atoms with Crippen molar-refractivity contribution in [2.24, 2.45) is 0 Å². The van der Waals surface area contributed by atoms with E-state index >= 15 is 0 Å². The summed E-state index contributed by atoms with van der Waals surface area (Å²) < 4.78 is 5.69. The number of nitrogens with one attached hydrogen (secondary N) is 1. The van der Waals surface area contributed by atoms with Crippen LogP contribution in [0.1, 0.15) is 19.4 Å². The number of pyridine rings is 1. The average Bonchev–Trinajstić information content (AvgIpc) is 2.67. The largest absolute Gasteiger partial charge is 0.372 e. The van der Waals surface area contributed by atoms with Gasteiger partial charge < -0.3 is 15.0 Å². The molecule has 2 atom stereocenters. The number of amides is 2. The molecule has 1 aromatic carbocycles.